The number of fused-ring (bicyclic) bond motifs is 6. The van der Waals surface area contributed by atoms with E-state index in [0.717, 1.165) is 22.6 Å². The smallest absolute Gasteiger partial charge is 0.0713 e. The number of hydrogen-bond donors (Lipinski definition) is 0. The number of anilines is 3. The standard InChI is InChI=1S/C69H47N/c1-5-18-49(19-6-1)61-43-37-53(46-65(61)50-20-7-2-8-21-50)48-32-38-56(39-33-48)70(57-40-34-52(35-41-57)60-29-17-30-62-59-27-14-13-22-51(59)36-44-63(60)62)58-42-45-68-66(47-58)64-28-15-16-31-67(64)69(68,54-23-9-3-10-24-54)55-25-11-4-12-26-55/h1-47H. The van der Waals surface area contributed by atoms with Gasteiger partial charge in [-0.2, -0.15) is 0 Å². The van der Waals surface area contributed by atoms with Gasteiger partial charge in [0.1, 0.15) is 0 Å². The molecular formula is C69H47N. The second-order valence-corrected chi connectivity index (χ2v) is 18.4. The van der Waals surface area contributed by atoms with E-state index in [4.69, 9.17) is 0 Å². The maximum Gasteiger partial charge on any atom is 0.0713 e. The van der Waals surface area contributed by atoms with Gasteiger partial charge in [0.15, 0.2) is 0 Å². The van der Waals surface area contributed by atoms with Crippen molar-refractivity contribution in [1.82, 2.24) is 0 Å². The van der Waals surface area contributed by atoms with Crippen molar-refractivity contribution in [3.63, 3.8) is 0 Å². The van der Waals surface area contributed by atoms with Crippen LogP contribution < -0.4 is 4.90 Å². The Kier molecular flexibility index (Phi) is 10.1. The molecule has 70 heavy (non-hydrogen) atoms. The molecule has 1 heteroatoms. The van der Waals surface area contributed by atoms with E-state index in [1.165, 1.54) is 93.9 Å². The Morgan fingerprint density at radius 1 is 0.229 bits per heavy atom. The second kappa shape index (κ2) is 17.2. The lowest BCUT2D eigenvalue weighted by atomic mass is 9.68. The van der Waals surface area contributed by atoms with E-state index in [1.807, 2.05) is 0 Å². The van der Waals surface area contributed by atoms with Gasteiger partial charge in [-0.05, 0) is 142 Å². The van der Waals surface area contributed by atoms with Gasteiger partial charge in [-0.15, -0.1) is 0 Å². The zero-order chi connectivity index (χ0) is 46.4. The number of nitrogens with zero attached hydrogens (tertiary/aromatic N) is 1. The normalized spacial score (nSPS) is 12.4. The Morgan fingerprint density at radius 2 is 0.729 bits per heavy atom. The number of rotatable bonds is 9. The van der Waals surface area contributed by atoms with Crippen molar-refractivity contribution in [1.29, 1.82) is 0 Å². The highest BCUT2D eigenvalue weighted by atomic mass is 15.1. The number of benzene rings is 12. The van der Waals surface area contributed by atoms with Crippen molar-refractivity contribution in [3.8, 4) is 55.6 Å². The molecule has 0 bridgehead atoms. The van der Waals surface area contributed by atoms with E-state index in [-0.39, 0.29) is 0 Å². The Hall–Kier alpha value is -9.04. The molecule has 0 heterocycles. The zero-order valence-electron chi connectivity index (χ0n) is 38.6. The van der Waals surface area contributed by atoms with Crippen LogP contribution in [0.3, 0.4) is 0 Å². The van der Waals surface area contributed by atoms with Crippen molar-refractivity contribution in [2.45, 2.75) is 5.41 Å². The average Bonchev–Trinajstić information content (AvgIpc) is 3.74. The summed E-state index contributed by atoms with van der Waals surface area (Å²) in [5, 5.41) is 5.06. The fourth-order valence-electron chi connectivity index (χ4n) is 11.4. The lowest BCUT2D eigenvalue weighted by Crippen LogP contribution is -2.28. The minimum atomic E-state index is -0.473. The molecule has 1 nitrogen and oxygen atoms in total. The van der Waals surface area contributed by atoms with Crippen LogP contribution in [-0.2, 0) is 5.41 Å². The summed E-state index contributed by atoms with van der Waals surface area (Å²) in [5.41, 5.74) is 20.0. The molecule has 13 rings (SSSR count). The molecule has 0 saturated carbocycles. The molecule has 0 amide bonds. The molecule has 1 aliphatic carbocycles. The zero-order valence-corrected chi connectivity index (χ0v) is 38.6. The highest BCUT2D eigenvalue weighted by Crippen LogP contribution is 2.57. The van der Waals surface area contributed by atoms with Crippen molar-refractivity contribution in [2.75, 3.05) is 4.90 Å². The minimum absolute atomic E-state index is 0.473. The predicted molar refractivity (Wildman–Crippen MR) is 295 cm³/mol. The average molecular weight is 890 g/mol. The fourth-order valence-corrected chi connectivity index (χ4v) is 11.4. The second-order valence-electron chi connectivity index (χ2n) is 18.4. The van der Waals surface area contributed by atoms with Crippen molar-refractivity contribution in [3.05, 3.63) is 307 Å². The Balaban J connectivity index is 0.958. The van der Waals surface area contributed by atoms with E-state index >= 15 is 0 Å². The summed E-state index contributed by atoms with van der Waals surface area (Å²) in [6.45, 7) is 0. The van der Waals surface area contributed by atoms with Gasteiger partial charge < -0.3 is 4.90 Å². The molecule has 1 aliphatic rings. The van der Waals surface area contributed by atoms with Gasteiger partial charge in [0, 0.05) is 17.1 Å². The highest BCUT2D eigenvalue weighted by molar-refractivity contribution is 6.12. The van der Waals surface area contributed by atoms with E-state index in [1.54, 1.807) is 0 Å². The third-order valence-electron chi connectivity index (χ3n) is 14.6. The molecule has 0 radical (unpaired) electrons. The van der Waals surface area contributed by atoms with Crippen molar-refractivity contribution >= 4 is 38.6 Å². The van der Waals surface area contributed by atoms with Gasteiger partial charge in [0.25, 0.3) is 0 Å². The van der Waals surface area contributed by atoms with Crippen LogP contribution in [0.4, 0.5) is 17.1 Å². The molecule has 0 fully saturated rings. The summed E-state index contributed by atoms with van der Waals surface area (Å²) in [7, 11) is 0. The van der Waals surface area contributed by atoms with E-state index in [2.05, 4.69) is 290 Å². The lowest BCUT2D eigenvalue weighted by molar-refractivity contribution is 0.768. The van der Waals surface area contributed by atoms with Crippen LogP contribution >= 0.6 is 0 Å². The first-order valence-electron chi connectivity index (χ1n) is 24.2. The minimum Gasteiger partial charge on any atom is -0.310 e. The molecule has 12 aromatic rings. The van der Waals surface area contributed by atoms with Crippen LogP contribution in [0.1, 0.15) is 22.3 Å². The van der Waals surface area contributed by atoms with E-state index in [9.17, 15) is 0 Å². The topological polar surface area (TPSA) is 3.24 Å². The molecule has 0 aromatic heterocycles. The summed E-state index contributed by atoms with van der Waals surface area (Å²) in [4.78, 5) is 2.42. The molecule has 0 N–H and O–H groups in total. The first-order chi connectivity index (χ1) is 34.7. The Labute approximate surface area is 409 Å². The largest absolute Gasteiger partial charge is 0.310 e. The first-order valence-corrected chi connectivity index (χ1v) is 24.2. The summed E-state index contributed by atoms with van der Waals surface area (Å²) in [5.74, 6) is 0. The van der Waals surface area contributed by atoms with Crippen LogP contribution in [0.2, 0.25) is 0 Å². The third-order valence-corrected chi connectivity index (χ3v) is 14.6. The Bertz CT molecular complexity index is 3800. The monoisotopic (exact) mass is 889 g/mol. The van der Waals surface area contributed by atoms with Crippen LogP contribution in [0, 0.1) is 0 Å². The van der Waals surface area contributed by atoms with Crippen LogP contribution in [0.15, 0.2) is 285 Å². The molecule has 0 spiro atoms. The predicted octanol–water partition coefficient (Wildman–Crippen LogP) is 18.5. The van der Waals surface area contributed by atoms with Crippen LogP contribution in [0.25, 0.3) is 77.2 Å². The molecule has 0 saturated heterocycles. The van der Waals surface area contributed by atoms with Gasteiger partial charge in [-0.25, -0.2) is 0 Å². The van der Waals surface area contributed by atoms with Gasteiger partial charge in [-0.3, -0.25) is 0 Å². The van der Waals surface area contributed by atoms with Gasteiger partial charge in [-0.1, -0.05) is 243 Å². The summed E-state index contributed by atoms with van der Waals surface area (Å²) in [6.07, 6.45) is 0. The highest BCUT2D eigenvalue weighted by Gasteiger charge is 2.46. The number of hydrogen-bond acceptors (Lipinski definition) is 1. The van der Waals surface area contributed by atoms with Gasteiger partial charge >= 0.3 is 0 Å². The summed E-state index contributed by atoms with van der Waals surface area (Å²) in [6, 6.07) is 105. The lowest BCUT2D eigenvalue weighted by Gasteiger charge is -2.34. The van der Waals surface area contributed by atoms with Gasteiger partial charge in [0.05, 0.1) is 5.41 Å². The Morgan fingerprint density at radius 3 is 1.41 bits per heavy atom. The quantitative estimate of drug-likeness (QED) is 0.131. The molecule has 0 aliphatic heterocycles. The van der Waals surface area contributed by atoms with Crippen LogP contribution in [-0.4, -0.2) is 0 Å². The van der Waals surface area contributed by atoms with Crippen molar-refractivity contribution < 1.29 is 0 Å². The molecule has 0 unspecified atom stereocenters. The molecular weight excluding hydrogens is 843 g/mol. The molecule has 328 valence electrons. The third kappa shape index (κ3) is 6.86. The SMILES string of the molecule is c1ccc(-c2ccc(-c3ccc(N(c4ccc(-c5cccc6c5ccc5ccccc56)cc4)c4ccc5c(c4)-c4ccccc4C5(c4ccccc4)c4ccccc4)cc3)cc2-c2ccccc2)cc1. The van der Waals surface area contributed by atoms with E-state index < -0.39 is 5.41 Å². The maximum atomic E-state index is 2.42. The maximum absolute atomic E-state index is 2.42. The van der Waals surface area contributed by atoms with Crippen LogP contribution in [0.5, 0.6) is 0 Å². The van der Waals surface area contributed by atoms with Crippen molar-refractivity contribution in [2.24, 2.45) is 0 Å². The summed E-state index contributed by atoms with van der Waals surface area (Å²) < 4.78 is 0. The first kappa shape index (κ1) is 41.2. The summed E-state index contributed by atoms with van der Waals surface area (Å²) >= 11 is 0. The molecule has 0 atom stereocenters. The fraction of sp³-hybridized carbons (Fsp3) is 0.0145. The van der Waals surface area contributed by atoms with Gasteiger partial charge in [0.2, 0.25) is 0 Å². The molecule has 12 aromatic carbocycles. The van der Waals surface area contributed by atoms with E-state index in [0.29, 0.717) is 0 Å².